The molecule has 5 heteroatoms. The standard InChI is InChI=1S/C13H25NO3S/c1-11(9-14)10-18(15,16)12-4-7-17-13(8-12)5-2-3-6-13/h11-12H,2-10,14H2,1H3. The summed E-state index contributed by atoms with van der Waals surface area (Å²) in [5.41, 5.74) is 5.41. The summed E-state index contributed by atoms with van der Waals surface area (Å²) in [6, 6.07) is 0. The van der Waals surface area contributed by atoms with Crippen molar-refractivity contribution in [2.24, 2.45) is 11.7 Å². The van der Waals surface area contributed by atoms with E-state index in [2.05, 4.69) is 0 Å². The highest BCUT2D eigenvalue weighted by atomic mass is 32.2. The first-order valence-corrected chi connectivity index (χ1v) is 8.75. The molecule has 0 bridgehead atoms. The van der Waals surface area contributed by atoms with Crippen LogP contribution in [0.1, 0.15) is 45.4 Å². The summed E-state index contributed by atoms with van der Waals surface area (Å²) in [4.78, 5) is 0. The normalized spacial score (nSPS) is 29.6. The van der Waals surface area contributed by atoms with Crippen LogP contribution in [0.25, 0.3) is 0 Å². The fourth-order valence-corrected chi connectivity index (χ4v) is 5.47. The molecule has 2 aliphatic rings. The molecular formula is C13H25NO3S. The smallest absolute Gasteiger partial charge is 0.153 e. The Kier molecular flexibility index (Phi) is 4.34. The highest BCUT2D eigenvalue weighted by Gasteiger charge is 2.43. The van der Waals surface area contributed by atoms with E-state index in [1.165, 1.54) is 12.8 Å². The zero-order valence-electron chi connectivity index (χ0n) is 11.2. The van der Waals surface area contributed by atoms with Crippen LogP contribution < -0.4 is 5.73 Å². The van der Waals surface area contributed by atoms with Crippen LogP contribution in [0.3, 0.4) is 0 Å². The maximum atomic E-state index is 12.4. The summed E-state index contributed by atoms with van der Waals surface area (Å²) in [6.07, 6.45) is 5.77. The predicted molar refractivity (Wildman–Crippen MR) is 72.2 cm³/mol. The highest BCUT2D eigenvalue weighted by Crippen LogP contribution is 2.41. The van der Waals surface area contributed by atoms with Crippen LogP contribution >= 0.6 is 0 Å². The molecule has 2 N–H and O–H groups in total. The zero-order chi connectivity index (χ0) is 13.2. The van der Waals surface area contributed by atoms with Crippen LogP contribution in [0, 0.1) is 5.92 Å². The Morgan fingerprint density at radius 3 is 2.67 bits per heavy atom. The van der Waals surface area contributed by atoms with Gasteiger partial charge in [-0.25, -0.2) is 8.42 Å². The Morgan fingerprint density at radius 1 is 1.39 bits per heavy atom. The fraction of sp³-hybridized carbons (Fsp3) is 1.00. The molecule has 1 saturated heterocycles. The summed E-state index contributed by atoms with van der Waals surface area (Å²) in [5, 5.41) is -0.210. The van der Waals surface area contributed by atoms with Crippen LogP contribution in [-0.4, -0.2) is 38.2 Å². The van der Waals surface area contributed by atoms with Gasteiger partial charge in [-0.05, 0) is 38.1 Å². The van der Waals surface area contributed by atoms with Gasteiger partial charge in [0.25, 0.3) is 0 Å². The topological polar surface area (TPSA) is 69.4 Å². The number of sulfone groups is 1. The monoisotopic (exact) mass is 275 g/mol. The largest absolute Gasteiger partial charge is 0.375 e. The van der Waals surface area contributed by atoms with E-state index in [4.69, 9.17) is 10.5 Å². The lowest BCUT2D eigenvalue weighted by Crippen LogP contribution is -2.44. The van der Waals surface area contributed by atoms with E-state index in [9.17, 15) is 8.42 Å². The first kappa shape index (κ1) is 14.3. The molecular weight excluding hydrogens is 250 g/mol. The molecule has 0 amide bonds. The van der Waals surface area contributed by atoms with E-state index in [1.807, 2.05) is 6.92 Å². The number of nitrogens with two attached hydrogens (primary N) is 1. The van der Waals surface area contributed by atoms with Crippen molar-refractivity contribution in [2.75, 3.05) is 18.9 Å². The third-order valence-electron chi connectivity index (χ3n) is 4.39. The lowest BCUT2D eigenvalue weighted by atomic mass is 9.92. The van der Waals surface area contributed by atoms with Crippen molar-refractivity contribution in [2.45, 2.75) is 56.3 Å². The molecule has 0 aromatic carbocycles. The van der Waals surface area contributed by atoms with Gasteiger partial charge in [0, 0.05) is 6.61 Å². The maximum absolute atomic E-state index is 12.4. The maximum Gasteiger partial charge on any atom is 0.153 e. The molecule has 2 fully saturated rings. The van der Waals surface area contributed by atoms with Gasteiger partial charge in [0.2, 0.25) is 0 Å². The van der Waals surface area contributed by atoms with Crippen molar-refractivity contribution in [3.63, 3.8) is 0 Å². The van der Waals surface area contributed by atoms with Gasteiger partial charge < -0.3 is 10.5 Å². The lowest BCUT2D eigenvalue weighted by Gasteiger charge is -2.38. The molecule has 4 nitrogen and oxygen atoms in total. The molecule has 106 valence electrons. The van der Waals surface area contributed by atoms with E-state index >= 15 is 0 Å². The van der Waals surface area contributed by atoms with Crippen molar-refractivity contribution < 1.29 is 13.2 Å². The van der Waals surface area contributed by atoms with Gasteiger partial charge >= 0.3 is 0 Å². The van der Waals surface area contributed by atoms with E-state index in [1.54, 1.807) is 0 Å². The molecule has 18 heavy (non-hydrogen) atoms. The molecule has 1 aliphatic heterocycles. The Balaban J connectivity index is 2.04. The summed E-state index contributed by atoms with van der Waals surface area (Å²) >= 11 is 0. The zero-order valence-corrected chi connectivity index (χ0v) is 12.0. The second kappa shape index (κ2) is 5.47. The summed E-state index contributed by atoms with van der Waals surface area (Å²) in [7, 11) is -3.02. The van der Waals surface area contributed by atoms with Crippen LogP contribution in [-0.2, 0) is 14.6 Å². The molecule has 1 spiro atoms. The molecule has 1 heterocycles. The molecule has 2 unspecified atom stereocenters. The van der Waals surface area contributed by atoms with Crippen LogP contribution in [0.5, 0.6) is 0 Å². The van der Waals surface area contributed by atoms with Gasteiger partial charge in [-0.3, -0.25) is 0 Å². The van der Waals surface area contributed by atoms with Crippen LogP contribution in [0.2, 0.25) is 0 Å². The average Bonchev–Trinajstić information content (AvgIpc) is 2.76. The first-order chi connectivity index (χ1) is 8.47. The van der Waals surface area contributed by atoms with Gasteiger partial charge in [-0.2, -0.15) is 0 Å². The summed E-state index contributed by atoms with van der Waals surface area (Å²) in [5.74, 6) is 0.280. The van der Waals surface area contributed by atoms with Crippen molar-refractivity contribution in [1.29, 1.82) is 0 Å². The number of hydrogen-bond acceptors (Lipinski definition) is 4. The minimum absolute atomic E-state index is 0.0531. The predicted octanol–water partition coefficient (Wildman–Crippen LogP) is 1.49. The Bertz CT molecular complexity index is 374. The van der Waals surface area contributed by atoms with E-state index in [0.717, 1.165) is 12.8 Å². The van der Waals surface area contributed by atoms with Gasteiger partial charge in [-0.1, -0.05) is 19.8 Å². The molecule has 0 radical (unpaired) electrons. The second-order valence-corrected chi connectivity index (χ2v) is 8.35. The van der Waals surface area contributed by atoms with Gasteiger partial charge in [0.05, 0.1) is 16.6 Å². The molecule has 0 aromatic heterocycles. The molecule has 2 rings (SSSR count). The van der Waals surface area contributed by atoms with E-state index < -0.39 is 9.84 Å². The molecule has 2 atom stereocenters. The minimum atomic E-state index is -3.02. The third kappa shape index (κ3) is 3.06. The number of ether oxygens (including phenoxy) is 1. The molecule has 0 aromatic rings. The van der Waals surface area contributed by atoms with Crippen LogP contribution in [0.15, 0.2) is 0 Å². The molecule has 1 aliphatic carbocycles. The Morgan fingerprint density at radius 2 is 2.06 bits per heavy atom. The minimum Gasteiger partial charge on any atom is -0.375 e. The van der Waals surface area contributed by atoms with E-state index in [-0.39, 0.29) is 22.5 Å². The lowest BCUT2D eigenvalue weighted by molar-refractivity contribution is -0.0713. The van der Waals surface area contributed by atoms with Crippen molar-refractivity contribution in [1.82, 2.24) is 0 Å². The average molecular weight is 275 g/mol. The quantitative estimate of drug-likeness (QED) is 0.844. The SMILES string of the molecule is CC(CN)CS(=O)(=O)C1CCOC2(CCCC2)C1. The van der Waals surface area contributed by atoms with Crippen molar-refractivity contribution >= 4 is 9.84 Å². The van der Waals surface area contributed by atoms with Gasteiger partial charge in [0.15, 0.2) is 9.84 Å². The number of rotatable bonds is 4. The Hall–Kier alpha value is -0.130. The van der Waals surface area contributed by atoms with Crippen molar-refractivity contribution in [3.05, 3.63) is 0 Å². The van der Waals surface area contributed by atoms with Crippen LogP contribution in [0.4, 0.5) is 0 Å². The second-order valence-electron chi connectivity index (χ2n) is 6.02. The molecule has 1 saturated carbocycles. The highest BCUT2D eigenvalue weighted by molar-refractivity contribution is 7.92. The fourth-order valence-electron chi connectivity index (χ4n) is 3.26. The van der Waals surface area contributed by atoms with Gasteiger partial charge in [-0.15, -0.1) is 0 Å². The number of hydrogen-bond donors (Lipinski definition) is 1. The summed E-state index contributed by atoms with van der Waals surface area (Å²) < 4.78 is 30.7. The summed E-state index contributed by atoms with van der Waals surface area (Å²) in [6.45, 7) is 2.94. The van der Waals surface area contributed by atoms with Crippen molar-refractivity contribution in [3.8, 4) is 0 Å². The third-order valence-corrected chi connectivity index (χ3v) is 6.84. The Labute approximate surface area is 110 Å². The van der Waals surface area contributed by atoms with E-state index in [0.29, 0.717) is 26.0 Å². The van der Waals surface area contributed by atoms with Gasteiger partial charge in [0.1, 0.15) is 0 Å². The first-order valence-electron chi connectivity index (χ1n) is 7.03.